The van der Waals surface area contributed by atoms with Crippen LogP contribution >= 0.6 is 0 Å². The average Bonchev–Trinajstić information content (AvgIpc) is 2.55. The van der Waals surface area contributed by atoms with E-state index in [1.807, 2.05) is 12.1 Å². The van der Waals surface area contributed by atoms with E-state index >= 15 is 0 Å². The highest BCUT2D eigenvalue weighted by Crippen LogP contribution is 2.17. The normalized spacial score (nSPS) is 18.2. The molecule has 6 nitrogen and oxygen atoms in total. The molecule has 0 amide bonds. The van der Waals surface area contributed by atoms with Gasteiger partial charge in [-0.2, -0.15) is 0 Å². The number of piperazine rings is 1. The van der Waals surface area contributed by atoms with Crippen LogP contribution in [0.4, 0.5) is 11.6 Å². The number of aromatic nitrogens is 2. The third kappa shape index (κ3) is 2.92. The second kappa shape index (κ2) is 6.11. The van der Waals surface area contributed by atoms with Gasteiger partial charge in [0.05, 0.1) is 5.56 Å². The van der Waals surface area contributed by atoms with Gasteiger partial charge < -0.3 is 16.0 Å². The van der Waals surface area contributed by atoms with Gasteiger partial charge in [-0.05, 0) is 31.2 Å². The van der Waals surface area contributed by atoms with Crippen molar-refractivity contribution >= 4 is 17.4 Å². The van der Waals surface area contributed by atoms with Gasteiger partial charge in [0.25, 0.3) is 0 Å². The molecule has 0 bridgehead atoms. The van der Waals surface area contributed by atoms with Crippen molar-refractivity contribution in [2.24, 2.45) is 0 Å². The van der Waals surface area contributed by atoms with E-state index in [-0.39, 0.29) is 11.6 Å². The number of nitrogens with one attached hydrogen (secondary N) is 1. The van der Waals surface area contributed by atoms with Crippen molar-refractivity contribution in [3.8, 4) is 0 Å². The van der Waals surface area contributed by atoms with Gasteiger partial charge in [-0.3, -0.25) is 4.79 Å². The molecule has 6 heteroatoms. The molecule has 3 heterocycles. The Kier molecular flexibility index (Phi) is 4.02. The Bertz CT molecular complexity index is 688. The standard InChI is InChI=1S/C16H19N5O/c1-11-10-21(9-8-18-11)14-6-2-5-13(20-14)15(22)12-4-3-7-19-16(12)17/h2-7,11,18H,8-10H2,1H3,(H2,17,19)/t11-/m1/s1. The number of nitrogens with zero attached hydrogens (tertiary/aromatic N) is 3. The van der Waals surface area contributed by atoms with E-state index in [0.717, 1.165) is 25.5 Å². The predicted octanol–water partition coefficient (Wildman–Crippen LogP) is 1.09. The fourth-order valence-corrected chi connectivity index (χ4v) is 2.61. The quantitative estimate of drug-likeness (QED) is 0.825. The molecule has 1 aliphatic rings. The Morgan fingerprint density at radius 2 is 2.23 bits per heavy atom. The molecule has 1 fully saturated rings. The molecule has 22 heavy (non-hydrogen) atoms. The zero-order chi connectivity index (χ0) is 15.5. The second-order valence-corrected chi connectivity index (χ2v) is 5.45. The van der Waals surface area contributed by atoms with Crippen LogP contribution in [0, 0.1) is 0 Å². The van der Waals surface area contributed by atoms with Crippen molar-refractivity contribution in [1.29, 1.82) is 0 Å². The number of ketones is 1. The van der Waals surface area contributed by atoms with Crippen LogP contribution in [-0.2, 0) is 0 Å². The molecule has 2 aromatic rings. The third-order valence-corrected chi connectivity index (χ3v) is 3.74. The van der Waals surface area contributed by atoms with Crippen LogP contribution in [0.2, 0.25) is 0 Å². The molecule has 1 saturated heterocycles. The number of pyridine rings is 2. The van der Waals surface area contributed by atoms with E-state index in [4.69, 9.17) is 5.73 Å². The lowest BCUT2D eigenvalue weighted by atomic mass is 10.1. The number of carbonyl (C=O) groups excluding carboxylic acids is 1. The molecule has 3 N–H and O–H groups in total. The topological polar surface area (TPSA) is 84.1 Å². The Morgan fingerprint density at radius 1 is 1.36 bits per heavy atom. The summed E-state index contributed by atoms with van der Waals surface area (Å²) in [6.45, 7) is 4.80. The smallest absolute Gasteiger partial charge is 0.215 e. The fraction of sp³-hybridized carbons (Fsp3) is 0.312. The lowest BCUT2D eigenvalue weighted by molar-refractivity contribution is 0.103. The van der Waals surface area contributed by atoms with Crippen molar-refractivity contribution in [3.05, 3.63) is 47.8 Å². The molecule has 3 rings (SSSR count). The van der Waals surface area contributed by atoms with E-state index in [9.17, 15) is 4.79 Å². The highest BCUT2D eigenvalue weighted by molar-refractivity contribution is 6.10. The van der Waals surface area contributed by atoms with Crippen molar-refractivity contribution in [1.82, 2.24) is 15.3 Å². The molecule has 0 unspecified atom stereocenters. The van der Waals surface area contributed by atoms with Crippen LogP contribution in [0.15, 0.2) is 36.5 Å². The molecule has 1 aliphatic heterocycles. The van der Waals surface area contributed by atoms with Gasteiger partial charge in [-0.1, -0.05) is 6.07 Å². The number of hydrogen-bond donors (Lipinski definition) is 2. The molecule has 1 atom stereocenters. The zero-order valence-corrected chi connectivity index (χ0v) is 12.5. The Labute approximate surface area is 129 Å². The molecular formula is C16H19N5O. The van der Waals surface area contributed by atoms with Crippen LogP contribution in [0.25, 0.3) is 0 Å². The van der Waals surface area contributed by atoms with Crippen molar-refractivity contribution in [3.63, 3.8) is 0 Å². The number of hydrogen-bond acceptors (Lipinski definition) is 6. The summed E-state index contributed by atoms with van der Waals surface area (Å²) in [6.07, 6.45) is 1.57. The summed E-state index contributed by atoms with van der Waals surface area (Å²) in [6, 6.07) is 9.28. The SMILES string of the molecule is C[C@@H]1CN(c2cccc(C(=O)c3cccnc3N)n2)CCN1. The van der Waals surface area contributed by atoms with Gasteiger partial charge in [0.1, 0.15) is 17.3 Å². The van der Waals surface area contributed by atoms with Gasteiger partial charge in [0.15, 0.2) is 0 Å². The van der Waals surface area contributed by atoms with Crippen molar-refractivity contribution in [2.45, 2.75) is 13.0 Å². The van der Waals surface area contributed by atoms with Crippen LogP contribution in [-0.4, -0.2) is 41.4 Å². The molecule has 114 valence electrons. The van der Waals surface area contributed by atoms with E-state index in [0.29, 0.717) is 17.3 Å². The molecule has 0 aliphatic carbocycles. The van der Waals surface area contributed by atoms with Gasteiger partial charge in [-0.25, -0.2) is 9.97 Å². The fourth-order valence-electron chi connectivity index (χ4n) is 2.61. The third-order valence-electron chi connectivity index (χ3n) is 3.74. The maximum absolute atomic E-state index is 12.6. The number of nitrogens with two attached hydrogens (primary N) is 1. The summed E-state index contributed by atoms with van der Waals surface area (Å²) in [7, 11) is 0. The van der Waals surface area contributed by atoms with Crippen LogP contribution < -0.4 is 16.0 Å². The first-order chi connectivity index (χ1) is 10.6. The largest absolute Gasteiger partial charge is 0.383 e. The second-order valence-electron chi connectivity index (χ2n) is 5.45. The Hall–Kier alpha value is -2.47. The highest BCUT2D eigenvalue weighted by atomic mass is 16.1. The van der Waals surface area contributed by atoms with Crippen molar-refractivity contribution in [2.75, 3.05) is 30.3 Å². The Morgan fingerprint density at radius 3 is 3.00 bits per heavy atom. The zero-order valence-electron chi connectivity index (χ0n) is 12.5. The van der Waals surface area contributed by atoms with E-state index in [1.54, 1.807) is 24.4 Å². The maximum Gasteiger partial charge on any atom is 0.215 e. The molecule has 0 spiro atoms. The maximum atomic E-state index is 12.6. The van der Waals surface area contributed by atoms with Gasteiger partial charge in [0.2, 0.25) is 5.78 Å². The monoisotopic (exact) mass is 297 g/mol. The lowest BCUT2D eigenvalue weighted by Gasteiger charge is -2.32. The number of anilines is 2. The summed E-state index contributed by atoms with van der Waals surface area (Å²) in [5.41, 5.74) is 6.56. The average molecular weight is 297 g/mol. The van der Waals surface area contributed by atoms with Gasteiger partial charge >= 0.3 is 0 Å². The van der Waals surface area contributed by atoms with E-state index < -0.39 is 0 Å². The summed E-state index contributed by atoms with van der Waals surface area (Å²) < 4.78 is 0. The summed E-state index contributed by atoms with van der Waals surface area (Å²) >= 11 is 0. The molecular weight excluding hydrogens is 278 g/mol. The van der Waals surface area contributed by atoms with E-state index in [1.165, 1.54) is 0 Å². The number of nitrogen functional groups attached to an aromatic ring is 1. The van der Waals surface area contributed by atoms with Gasteiger partial charge in [-0.15, -0.1) is 0 Å². The first-order valence-electron chi connectivity index (χ1n) is 7.36. The predicted molar refractivity (Wildman–Crippen MR) is 86.0 cm³/mol. The minimum Gasteiger partial charge on any atom is -0.383 e. The molecule has 0 saturated carbocycles. The lowest BCUT2D eigenvalue weighted by Crippen LogP contribution is -2.49. The van der Waals surface area contributed by atoms with Crippen LogP contribution in [0.1, 0.15) is 23.0 Å². The summed E-state index contributed by atoms with van der Waals surface area (Å²) in [5.74, 6) is 0.854. The first kappa shape index (κ1) is 14.5. The minimum atomic E-state index is -0.198. The van der Waals surface area contributed by atoms with Gasteiger partial charge in [0, 0.05) is 31.9 Å². The van der Waals surface area contributed by atoms with E-state index in [2.05, 4.69) is 27.1 Å². The Balaban J connectivity index is 1.88. The van der Waals surface area contributed by atoms with Crippen LogP contribution in [0.5, 0.6) is 0 Å². The first-order valence-corrected chi connectivity index (χ1v) is 7.36. The molecule has 2 aromatic heterocycles. The number of carbonyl (C=O) groups is 1. The molecule has 0 aromatic carbocycles. The molecule has 0 radical (unpaired) electrons. The summed E-state index contributed by atoms with van der Waals surface area (Å²) in [5, 5.41) is 3.39. The highest BCUT2D eigenvalue weighted by Gasteiger charge is 2.19. The van der Waals surface area contributed by atoms with Crippen LogP contribution in [0.3, 0.4) is 0 Å². The number of rotatable bonds is 3. The minimum absolute atomic E-state index is 0.198. The summed E-state index contributed by atoms with van der Waals surface area (Å²) in [4.78, 5) is 23.2. The van der Waals surface area contributed by atoms with Crippen molar-refractivity contribution < 1.29 is 4.79 Å².